The van der Waals surface area contributed by atoms with Crippen LogP contribution in [-0.4, -0.2) is 16.2 Å². The van der Waals surface area contributed by atoms with E-state index in [0.717, 1.165) is 11.3 Å². The molecule has 1 heterocycles. The van der Waals surface area contributed by atoms with Gasteiger partial charge in [-0.3, -0.25) is 0 Å². The minimum atomic E-state index is -0.443. The van der Waals surface area contributed by atoms with Gasteiger partial charge in [-0.25, -0.2) is 4.79 Å². The molecule has 0 aliphatic rings. The molecule has 0 radical (unpaired) electrons. The molecule has 0 atom stereocenters. The van der Waals surface area contributed by atoms with Crippen LogP contribution < -0.4 is 4.74 Å². The molecule has 6 heteroatoms. The van der Waals surface area contributed by atoms with Crippen LogP contribution in [0.5, 0.6) is 5.75 Å². The van der Waals surface area contributed by atoms with Gasteiger partial charge in [0, 0.05) is 6.92 Å². The van der Waals surface area contributed by atoms with Gasteiger partial charge in [0.2, 0.25) is 5.89 Å². The van der Waals surface area contributed by atoms with Gasteiger partial charge in [-0.15, -0.1) is 10.2 Å². The summed E-state index contributed by atoms with van der Waals surface area (Å²) >= 11 is 0. The summed E-state index contributed by atoms with van der Waals surface area (Å²) in [5.41, 5.74) is 2.79. The molecule has 0 saturated carbocycles. The predicted molar refractivity (Wildman–Crippen MR) is 104 cm³/mol. The zero-order valence-electron chi connectivity index (χ0n) is 16.6. The molecule has 0 saturated heterocycles. The van der Waals surface area contributed by atoms with E-state index < -0.39 is 5.97 Å². The van der Waals surface area contributed by atoms with Crippen molar-refractivity contribution in [2.45, 2.75) is 46.3 Å². The fourth-order valence-corrected chi connectivity index (χ4v) is 2.56. The maximum absolute atomic E-state index is 12.1. The van der Waals surface area contributed by atoms with Crippen molar-refractivity contribution >= 4 is 5.97 Å². The van der Waals surface area contributed by atoms with Crippen molar-refractivity contribution in [3.8, 4) is 5.75 Å². The van der Waals surface area contributed by atoms with E-state index in [1.54, 1.807) is 19.1 Å². The van der Waals surface area contributed by atoms with Crippen molar-refractivity contribution < 1.29 is 18.7 Å². The Morgan fingerprint density at radius 1 is 0.964 bits per heavy atom. The van der Waals surface area contributed by atoms with E-state index in [-0.39, 0.29) is 17.9 Å². The Balaban J connectivity index is 1.51. The molecule has 1 aromatic heterocycles. The van der Waals surface area contributed by atoms with Crippen LogP contribution in [0.25, 0.3) is 0 Å². The number of hydrogen-bond donors (Lipinski definition) is 0. The van der Waals surface area contributed by atoms with Crippen LogP contribution in [0.1, 0.15) is 54.0 Å². The van der Waals surface area contributed by atoms with Crippen LogP contribution in [0, 0.1) is 6.92 Å². The minimum absolute atomic E-state index is 0.0465. The van der Waals surface area contributed by atoms with E-state index in [1.165, 1.54) is 5.56 Å². The molecule has 0 fully saturated rings. The number of carbonyl (C=O) groups excluding carboxylic acids is 1. The number of benzene rings is 2. The molecule has 28 heavy (non-hydrogen) atoms. The average Bonchev–Trinajstić information content (AvgIpc) is 3.10. The quantitative estimate of drug-likeness (QED) is 0.581. The lowest BCUT2D eigenvalue weighted by Crippen LogP contribution is -2.10. The Labute approximate surface area is 164 Å². The van der Waals surface area contributed by atoms with Crippen molar-refractivity contribution in [2.75, 3.05) is 0 Å². The van der Waals surface area contributed by atoms with Crippen LogP contribution in [-0.2, 0) is 23.4 Å². The molecule has 146 valence electrons. The summed E-state index contributed by atoms with van der Waals surface area (Å²) in [6.45, 7) is 8.59. The maximum atomic E-state index is 12.1. The lowest BCUT2D eigenvalue weighted by molar-refractivity contribution is 0.0437. The molecule has 0 unspecified atom stereocenters. The molecule has 6 nitrogen and oxygen atoms in total. The van der Waals surface area contributed by atoms with E-state index in [4.69, 9.17) is 13.9 Å². The van der Waals surface area contributed by atoms with Crippen LogP contribution in [0.3, 0.4) is 0 Å². The van der Waals surface area contributed by atoms with E-state index in [9.17, 15) is 4.79 Å². The summed E-state index contributed by atoms with van der Waals surface area (Å²) in [5, 5.41) is 7.48. The van der Waals surface area contributed by atoms with E-state index in [0.29, 0.717) is 18.1 Å². The largest absolute Gasteiger partial charge is 0.489 e. The van der Waals surface area contributed by atoms with Crippen molar-refractivity contribution in [3.05, 3.63) is 77.0 Å². The fourth-order valence-electron chi connectivity index (χ4n) is 2.56. The summed E-state index contributed by atoms with van der Waals surface area (Å²) in [5.74, 6) is 1.07. The summed E-state index contributed by atoms with van der Waals surface area (Å²) < 4.78 is 16.2. The lowest BCUT2D eigenvalue weighted by atomic mass is 9.87. The number of aryl methyl sites for hydroxylation is 1. The van der Waals surface area contributed by atoms with Gasteiger partial charge in [-0.2, -0.15) is 0 Å². The number of rotatable bonds is 6. The third-order valence-electron chi connectivity index (χ3n) is 4.21. The van der Waals surface area contributed by atoms with Crippen LogP contribution in [0.15, 0.2) is 52.9 Å². The molecule has 0 aliphatic carbocycles. The molecule has 3 aromatic rings. The Kier molecular flexibility index (Phi) is 5.78. The molecule has 0 amide bonds. The summed E-state index contributed by atoms with van der Waals surface area (Å²) in [7, 11) is 0. The molecule has 3 rings (SSSR count). The van der Waals surface area contributed by atoms with Crippen LogP contribution in [0.2, 0.25) is 0 Å². The van der Waals surface area contributed by atoms with Crippen molar-refractivity contribution in [2.24, 2.45) is 0 Å². The molecule has 0 N–H and O–H groups in total. The summed E-state index contributed by atoms with van der Waals surface area (Å²) in [4.78, 5) is 12.1. The normalized spacial score (nSPS) is 11.3. The second-order valence-electron chi connectivity index (χ2n) is 7.55. The van der Waals surface area contributed by atoms with Crippen molar-refractivity contribution in [3.63, 3.8) is 0 Å². The van der Waals surface area contributed by atoms with Gasteiger partial charge < -0.3 is 13.9 Å². The highest BCUT2D eigenvalue weighted by atomic mass is 16.5. The number of hydrogen-bond acceptors (Lipinski definition) is 6. The lowest BCUT2D eigenvalue weighted by Gasteiger charge is -2.19. The van der Waals surface area contributed by atoms with Gasteiger partial charge in [0.25, 0.3) is 5.89 Å². The molecule has 0 aliphatic heterocycles. The zero-order chi connectivity index (χ0) is 20.1. The van der Waals surface area contributed by atoms with E-state index in [2.05, 4.69) is 43.1 Å². The summed E-state index contributed by atoms with van der Waals surface area (Å²) in [6, 6.07) is 15.2. The first-order valence-electron chi connectivity index (χ1n) is 9.10. The average molecular weight is 380 g/mol. The minimum Gasteiger partial charge on any atom is -0.489 e. The Bertz CT molecular complexity index is 922. The third kappa shape index (κ3) is 5.19. The number of nitrogens with zero attached hydrogens (tertiary/aromatic N) is 2. The monoisotopic (exact) mass is 380 g/mol. The van der Waals surface area contributed by atoms with Crippen LogP contribution in [0.4, 0.5) is 0 Å². The summed E-state index contributed by atoms with van der Waals surface area (Å²) in [6.07, 6.45) is 0. The molecular formula is C22H24N2O4. The Hall–Kier alpha value is -3.15. The standard InChI is InChI=1S/C22H24N2O4/c1-15-23-24-20(28-15)14-27-21(25)17-7-5-16(6-8-17)13-26-19-11-9-18(10-12-19)22(2,3)4/h5-12H,13-14H2,1-4H3. The molecular weight excluding hydrogens is 356 g/mol. The number of carbonyl (C=O) groups is 1. The third-order valence-corrected chi connectivity index (χ3v) is 4.21. The van der Waals surface area contributed by atoms with Gasteiger partial charge in [-0.05, 0) is 40.8 Å². The predicted octanol–water partition coefficient (Wildman–Crippen LogP) is 4.61. The maximum Gasteiger partial charge on any atom is 0.338 e. The van der Waals surface area contributed by atoms with Gasteiger partial charge in [0.05, 0.1) is 5.56 Å². The molecule has 2 aromatic carbocycles. The van der Waals surface area contributed by atoms with E-state index in [1.807, 2.05) is 24.3 Å². The second-order valence-corrected chi connectivity index (χ2v) is 7.55. The van der Waals surface area contributed by atoms with Gasteiger partial charge in [-0.1, -0.05) is 45.0 Å². The molecule has 0 spiro atoms. The first-order valence-corrected chi connectivity index (χ1v) is 9.10. The highest BCUT2D eigenvalue weighted by Crippen LogP contribution is 2.24. The van der Waals surface area contributed by atoms with Crippen molar-refractivity contribution in [1.82, 2.24) is 10.2 Å². The van der Waals surface area contributed by atoms with Crippen molar-refractivity contribution in [1.29, 1.82) is 0 Å². The smallest absolute Gasteiger partial charge is 0.338 e. The topological polar surface area (TPSA) is 74.5 Å². The molecule has 0 bridgehead atoms. The highest BCUT2D eigenvalue weighted by Gasteiger charge is 2.13. The first-order chi connectivity index (χ1) is 13.3. The van der Waals surface area contributed by atoms with Gasteiger partial charge >= 0.3 is 5.97 Å². The number of esters is 1. The van der Waals surface area contributed by atoms with E-state index >= 15 is 0 Å². The number of ether oxygens (including phenoxy) is 2. The van der Waals surface area contributed by atoms with Crippen LogP contribution >= 0.6 is 0 Å². The fraction of sp³-hybridized carbons (Fsp3) is 0.318. The Morgan fingerprint density at radius 2 is 1.64 bits per heavy atom. The SMILES string of the molecule is Cc1nnc(COC(=O)c2ccc(COc3ccc(C(C)(C)C)cc3)cc2)o1. The number of aromatic nitrogens is 2. The Morgan fingerprint density at radius 3 is 2.21 bits per heavy atom. The first kappa shape index (κ1) is 19.6. The zero-order valence-corrected chi connectivity index (χ0v) is 16.6. The highest BCUT2D eigenvalue weighted by molar-refractivity contribution is 5.89. The van der Waals surface area contributed by atoms with Gasteiger partial charge in [0.1, 0.15) is 12.4 Å². The van der Waals surface area contributed by atoms with Gasteiger partial charge in [0.15, 0.2) is 6.61 Å². The second kappa shape index (κ2) is 8.25.